The van der Waals surface area contributed by atoms with E-state index in [2.05, 4.69) is 5.32 Å². The van der Waals surface area contributed by atoms with Crippen LogP contribution in [0.15, 0.2) is 17.5 Å². The first-order chi connectivity index (χ1) is 8.00. The minimum Gasteiger partial charge on any atom is -0.481 e. The highest BCUT2D eigenvalue weighted by molar-refractivity contribution is 7.10. The van der Waals surface area contributed by atoms with Gasteiger partial charge in [0.25, 0.3) is 0 Å². The lowest BCUT2D eigenvalue weighted by molar-refractivity contribution is -0.137. The Balaban J connectivity index is 2.41. The van der Waals surface area contributed by atoms with Gasteiger partial charge in [-0.05, 0) is 24.8 Å². The topological polar surface area (TPSA) is 92.4 Å². The first-order valence-corrected chi connectivity index (χ1v) is 6.20. The van der Waals surface area contributed by atoms with Crippen LogP contribution in [0, 0.1) is 0 Å². The van der Waals surface area contributed by atoms with Crippen molar-refractivity contribution in [2.45, 2.75) is 31.8 Å². The highest BCUT2D eigenvalue weighted by atomic mass is 32.1. The summed E-state index contributed by atoms with van der Waals surface area (Å²) in [7, 11) is 0. The minimum absolute atomic E-state index is 0.0374. The Morgan fingerprint density at radius 2 is 2.29 bits per heavy atom. The number of hydrogen-bond donors (Lipinski definition) is 3. The summed E-state index contributed by atoms with van der Waals surface area (Å²) >= 11 is 1.42. The Bertz CT molecular complexity index is 378. The van der Waals surface area contributed by atoms with Gasteiger partial charge in [-0.15, -0.1) is 11.3 Å². The Labute approximate surface area is 104 Å². The van der Waals surface area contributed by atoms with E-state index in [9.17, 15) is 9.59 Å². The van der Waals surface area contributed by atoms with Crippen LogP contribution < -0.4 is 11.1 Å². The predicted molar refractivity (Wildman–Crippen MR) is 65.7 cm³/mol. The van der Waals surface area contributed by atoms with Crippen molar-refractivity contribution in [1.29, 1.82) is 0 Å². The van der Waals surface area contributed by atoms with Gasteiger partial charge in [-0.2, -0.15) is 0 Å². The van der Waals surface area contributed by atoms with Gasteiger partial charge in [-0.3, -0.25) is 9.59 Å². The lowest BCUT2D eigenvalue weighted by atomic mass is 10.1. The lowest BCUT2D eigenvalue weighted by Gasteiger charge is -2.16. The zero-order chi connectivity index (χ0) is 12.8. The van der Waals surface area contributed by atoms with E-state index in [-0.39, 0.29) is 18.4 Å². The number of aliphatic carboxylic acids is 1. The quantitative estimate of drug-likeness (QED) is 0.711. The molecule has 0 bridgehead atoms. The van der Waals surface area contributed by atoms with Crippen molar-refractivity contribution in [1.82, 2.24) is 5.32 Å². The molecule has 4 N–H and O–H groups in total. The maximum Gasteiger partial charge on any atom is 0.303 e. The SMILES string of the molecule is CC(CCC(=O)O)NC(=O)C(N)c1cccs1. The van der Waals surface area contributed by atoms with Gasteiger partial charge in [0.2, 0.25) is 5.91 Å². The molecule has 2 unspecified atom stereocenters. The fourth-order valence-electron chi connectivity index (χ4n) is 1.34. The number of nitrogens with one attached hydrogen (secondary N) is 1. The Morgan fingerprint density at radius 1 is 1.59 bits per heavy atom. The zero-order valence-corrected chi connectivity index (χ0v) is 10.4. The molecule has 17 heavy (non-hydrogen) atoms. The molecule has 0 saturated heterocycles. The fraction of sp³-hybridized carbons (Fsp3) is 0.455. The number of carbonyl (C=O) groups is 2. The van der Waals surface area contributed by atoms with Crippen molar-refractivity contribution in [3.05, 3.63) is 22.4 Å². The molecular weight excluding hydrogens is 240 g/mol. The normalized spacial score (nSPS) is 14.0. The van der Waals surface area contributed by atoms with E-state index in [0.717, 1.165) is 4.88 Å². The standard InChI is InChI=1S/C11H16N2O3S/c1-7(4-5-9(14)15)13-11(16)10(12)8-3-2-6-17-8/h2-3,6-7,10H,4-5,12H2,1H3,(H,13,16)(H,14,15). The van der Waals surface area contributed by atoms with E-state index in [1.807, 2.05) is 11.4 Å². The number of amides is 1. The van der Waals surface area contributed by atoms with Crippen molar-refractivity contribution in [3.8, 4) is 0 Å². The van der Waals surface area contributed by atoms with Gasteiger partial charge in [0.15, 0.2) is 0 Å². The van der Waals surface area contributed by atoms with Crippen molar-refractivity contribution < 1.29 is 14.7 Å². The molecule has 5 nitrogen and oxygen atoms in total. The number of hydrogen-bond acceptors (Lipinski definition) is 4. The summed E-state index contributed by atoms with van der Waals surface area (Å²) in [6, 6.07) is 2.77. The van der Waals surface area contributed by atoms with E-state index in [1.165, 1.54) is 11.3 Å². The molecule has 1 rings (SSSR count). The monoisotopic (exact) mass is 256 g/mol. The van der Waals surface area contributed by atoms with Gasteiger partial charge in [0, 0.05) is 17.3 Å². The van der Waals surface area contributed by atoms with Gasteiger partial charge < -0.3 is 16.2 Å². The van der Waals surface area contributed by atoms with Gasteiger partial charge in [0.05, 0.1) is 0 Å². The maximum atomic E-state index is 11.7. The molecule has 1 aromatic heterocycles. The van der Waals surface area contributed by atoms with Crippen LogP contribution in [-0.2, 0) is 9.59 Å². The molecule has 0 saturated carbocycles. The van der Waals surface area contributed by atoms with Gasteiger partial charge in [-0.1, -0.05) is 6.07 Å². The van der Waals surface area contributed by atoms with Gasteiger partial charge in [-0.25, -0.2) is 0 Å². The molecule has 2 atom stereocenters. The average Bonchev–Trinajstić information content (AvgIpc) is 2.78. The van der Waals surface area contributed by atoms with Crippen molar-refractivity contribution in [2.75, 3.05) is 0 Å². The van der Waals surface area contributed by atoms with Crippen LogP contribution in [0.1, 0.15) is 30.7 Å². The third-order valence-corrected chi connectivity index (χ3v) is 3.27. The van der Waals surface area contributed by atoms with E-state index >= 15 is 0 Å². The summed E-state index contributed by atoms with van der Waals surface area (Å²) in [5, 5.41) is 13.1. The van der Waals surface area contributed by atoms with E-state index in [0.29, 0.717) is 6.42 Å². The molecule has 1 heterocycles. The van der Waals surface area contributed by atoms with Crippen molar-refractivity contribution in [3.63, 3.8) is 0 Å². The molecule has 0 aliphatic heterocycles. The van der Waals surface area contributed by atoms with Gasteiger partial charge >= 0.3 is 5.97 Å². The molecule has 1 amide bonds. The smallest absolute Gasteiger partial charge is 0.303 e. The van der Waals surface area contributed by atoms with Crippen molar-refractivity contribution >= 4 is 23.2 Å². The molecule has 6 heteroatoms. The van der Waals surface area contributed by atoms with E-state index in [1.54, 1.807) is 13.0 Å². The third kappa shape index (κ3) is 4.54. The second-order valence-electron chi connectivity index (χ2n) is 3.84. The average molecular weight is 256 g/mol. The second-order valence-corrected chi connectivity index (χ2v) is 4.81. The number of thiophene rings is 1. The Hall–Kier alpha value is -1.40. The first kappa shape index (κ1) is 13.7. The number of nitrogens with two attached hydrogens (primary N) is 1. The lowest BCUT2D eigenvalue weighted by Crippen LogP contribution is -2.39. The van der Waals surface area contributed by atoms with E-state index < -0.39 is 12.0 Å². The number of carbonyl (C=O) groups excluding carboxylic acids is 1. The highest BCUT2D eigenvalue weighted by Gasteiger charge is 2.18. The van der Waals surface area contributed by atoms with Crippen LogP contribution in [0.25, 0.3) is 0 Å². The van der Waals surface area contributed by atoms with Crippen LogP contribution in [-0.4, -0.2) is 23.0 Å². The molecule has 0 fully saturated rings. The second kappa shape index (κ2) is 6.36. The molecular formula is C11H16N2O3S. The number of rotatable bonds is 6. The highest BCUT2D eigenvalue weighted by Crippen LogP contribution is 2.16. The summed E-state index contributed by atoms with van der Waals surface area (Å²) in [6.45, 7) is 1.77. The fourth-order valence-corrected chi connectivity index (χ4v) is 2.07. The largest absolute Gasteiger partial charge is 0.481 e. The Morgan fingerprint density at radius 3 is 2.82 bits per heavy atom. The molecule has 0 radical (unpaired) electrons. The molecule has 94 valence electrons. The third-order valence-electron chi connectivity index (χ3n) is 2.31. The summed E-state index contributed by atoms with van der Waals surface area (Å²) in [5.41, 5.74) is 5.77. The summed E-state index contributed by atoms with van der Waals surface area (Å²) in [6.07, 6.45) is 0.438. The molecule has 0 aliphatic carbocycles. The zero-order valence-electron chi connectivity index (χ0n) is 9.55. The molecule has 0 aromatic carbocycles. The molecule has 0 aliphatic rings. The molecule has 0 spiro atoms. The van der Waals surface area contributed by atoms with Crippen molar-refractivity contribution in [2.24, 2.45) is 5.73 Å². The first-order valence-electron chi connectivity index (χ1n) is 5.32. The predicted octanol–water partition coefficient (Wildman–Crippen LogP) is 1.12. The van der Waals surface area contributed by atoms with E-state index in [4.69, 9.17) is 10.8 Å². The van der Waals surface area contributed by atoms with Crippen LogP contribution in [0.4, 0.5) is 0 Å². The van der Waals surface area contributed by atoms with Crippen LogP contribution in [0.3, 0.4) is 0 Å². The summed E-state index contributed by atoms with van der Waals surface area (Å²) < 4.78 is 0. The number of carboxylic acid groups (broad SMARTS) is 1. The Kier molecular flexibility index (Phi) is 5.11. The van der Waals surface area contributed by atoms with Crippen LogP contribution in [0.5, 0.6) is 0 Å². The summed E-state index contributed by atoms with van der Waals surface area (Å²) in [5.74, 6) is -1.14. The minimum atomic E-state index is -0.867. The molecule has 1 aromatic rings. The van der Waals surface area contributed by atoms with Crippen LogP contribution >= 0.6 is 11.3 Å². The number of carboxylic acids is 1. The maximum absolute atomic E-state index is 11.7. The van der Waals surface area contributed by atoms with Crippen LogP contribution in [0.2, 0.25) is 0 Å². The summed E-state index contributed by atoms with van der Waals surface area (Å²) in [4.78, 5) is 22.9. The van der Waals surface area contributed by atoms with Gasteiger partial charge in [0.1, 0.15) is 6.04 Å².